The van der Waals surface area contributed by atoms with Gasteiger partial charge in [-0.05, 0) is 65.0 Å². The molecular weight excluding hydrogens is 331 g/mol. The molecule has 0 spiro atoms. The van der Waals surface area contributed by atoms with Crippen molar-refractivity contribution >= 4 is 15.9 Å². The molecule has 1 aromatic carbocycles. The molecule has 1 aromatic rings. The normalized spacial score (nSPS) is 19.3. The summed E-state index contributed by atoms with van der Waals surface area (Å²) >= 11 is 3.46. The molecule has 2 nitrogen and oxygen atoms in total. The number of nitrogens with one attached hydrogen (secondary N) is 1. The van der Waals surface area contributed by atoms with Crippen molar-refractivity contribution in [3.8, 4) is 0 Å². The zero-order valence-electron chi connectivity index (χ0n) is 13.3. The Morgan fingerprint density at radius 1 is 1.19 bits per heavy atom. The minimum absolute atomic E-state index is 0.0342. The maximum atomic E-state index is 14.3. The Hall–Kier alpha value is -0.450. The zero-order valence-corrected chi connectivity index (χ0v) is 14.8. The van der Waals surface area contributed by atoms with E-state index in [1.165, 1.54) is 25.7 Å². The molecular formula is C17H26BrFN2. The molecule has 1 N–H and O–H groups in total. The first kappa shape index (κ1) is 16.9. The van der Waals surface area contributed by atoms with Gasteiger partial charge in [0.05, 0.1) is 6.04 Å². The molecule has 1 fully saturated rings. The topological polar surface area (TPSA) is 15.3 Å². The van der Waals surface area contributed by atoms with Crippen molar-refractivity contribution in [2.24, 2.45) is 0 Å². The van der Waals surface area contributed by atoms with E-state index in [1.807, 2.05) is 13.1 Å². The van der Waals surface area contributed by atoms with Crippen LogP contribution >= 0.6 is 15.9 Å². The Morgan fingerprint density at radius 2 is 1.81 bits per heavy atom. The van der Waals surface area contributed by atoms with Crippen molar-refractivity contribution in [1.29, 1.82) is 0 Å². The molecule has 21 heavy (non-hydrogen) atoms. The number of likely N-dealkylation sites (tertiary alicyclic amines) is 1. The van der Waals surface area contributed by atoms with E-state index in [-0.39, 0.29) is 17.4 Å². The minimum atomic E-state index is -0.138. The third-order valence-corrected chi connectivity index (χ3v) is 5.18. The highest BCUT2D eigenvalue weighted by Crippen LogP contribution is 2.34. The third kappa shape index (κ3) is 3.85. The van der Waals surface area contributed by atoms with Crippen LogP contribution in [0.25, 0.3) is 0 Å². The highest BCUT2D eigenvalue weighted by Gasteiger charge is 2.37. The Morgan fingerprint density at radius 3 is 2.38 bits per heavy atom. The lowest BCUT2D eigenvalue weighted by molar-refractivity contribution is 0.0850. The van der Waals surface area contributed by atoms with Crippen molar-refractivity contribution in [1.82, 2.24) is 10.2 Å². The van der Waals surface area contributed by atoms with Crippen LogP contribution in [-0.2, 0) is 0 Å². The summed E-state index contributed by atoms with van der Waals surface area (Å²) < 4.78 is 15.2. The summed E-state index contributed by atoms with van der Waals surface area (Å²) in [4.78, 5) is 2.52. The number of likely N-dealkylation sites (N-methyl/N-ethyl adjacent to an activating group) is 1. The van der Waals surface area contributed by atoms with Gasteiger partial charge >= 0.3 is 0 Å². The van der Waals surface area contributed by atoms with Crippen molar-refractivity contribution < 1.29 is 4.39 Å². The first-order chi connectivity index (χ1) is 9.96. The minimum Gasteiger partial charge on any atom is -0.311 e. The molecule has 0 aromatic heterocycles. The lowest BCUT2D eigenvalue weighted by Crippen LogP contribution is -2.52. The Kier molecular flexibility index (Phi) is 5.81. The molecule has 118 valence electrons. The van der Waals surface area contributed by atoms with E-state index in [0.717, 1.165) is 23.1 Å². The van der Waals surface area contributed by atoms with Gasteiger partial charge in [-0.2, -0.15) is 0 Å². The number of benzene rings is 1. The summed E-state index contributed by atoms with van der Waals surface area (Å²) in [6, 6.07) is 5.16. The van der Waals surface area contributed by atoms with E-state index >= 15 is 0 Å². The van der Waals surface area contributed by atoms with Crippen LogP contribution in [0.5, 0.6) is 0 Å². The monoisotopic (exact) mass is 356 g/mol. The van der Waals surface area contributed by atoms with Crippen LogP contribution in [0.1, 0.15) is 51.1 Å². The molecule has 1 unspecified atom stereocenters. The maximum absolute atomic E-state index is 14.3. The predicted molar refractivity (Wildman–Crippen MR) is 90.0 cm³/mol. The lowest BCUT2D eigenvalue weighted by Gasteiger charge is -2.44. The van der Waals surface area contributed by atoms with Crippen molar-refractivity contribution in [2.45, 2.75) is 51.1 Å². The second kappa shape index (κ2) is 7.21. The first-order valence-electron chi connectivity index (χ1n) is 7.84. The summed E-state index contributed by atoms with van der Waals surface area (Å²) in [5.74, 6) is -0.138. The summed E-state index contributed by atoms with van der Waals surface area (Å²) in [5.41, 5.74) is 0.613. The van der Waals surface area contributed by atoms with Crippen LogP contribution in [0.3, 0.4) is 0 Å². The van der Waals surface area contributed by atoms with E-state index in [9.17, 15) is 4.39 Å². The molecule has 1 aliphatic heterocycles. The summed E-state index contributed by atoms with van der Waals surface area (Å²) in [5, 5.41) is 3.34. The van der Waals surface area contributed by atoms with E-state index in [2.05, 4.69) is 40.0 Å². The fourth-order valence-electron chi connectivity index (χ4n) is 3.45. The van der Waals surface area contributed by atoms with Gasteiger partial charge in [0.1, 0.15) is 5.82 Å². The van der Waals surface area contributed by atoms with E-state index in [1.54, 1.807) is 12.1 Å². The van der Waals surface area contributed by atoms with Crippen molar-refractivity contribution in [3.05, 3.63) is 34.1 Å². The van der Waals surface area contributed by atoms with Crippen molar-refractivity contribution in [3.63, 3.8) is 0 Å². The van der Waals surface area contributed by atoms with E-state index in [0.29, 0.717) is 0 Å². The second-order valence-electron chi connectivity index (χ2n) is 6.44. The zero-order chi connectivity index (χ0) is 15.5. The van der Waals surface area contributed by atoms with E-state index < -0.39 is 0 Å². The fourth-order valence-corrected chi connectivity index (χ4v) is 3.83. The quantitative estimate of drug-likeness (QED) is 0.853. The Labute approximate surface area is 136 Å². The SMILES string of the molecule is CNC(c1cc(Br)ccc1F)C(C)(C)N1CCCCCC1. The van der Waals surface area contributed by atoms with Crippen molar-refractivity contribution in [2.75, 3.05) is 20.1 Å². The third-order valence-electron chi connectivity index (χ3n) is 4.69. The van der Waals surface area contributed by atoms with Crippen LogP contribution in [0.15, 0.2) is 22.7 Å². The van der Waals surface area contributed by atoms with Gasteiger partial charge in [0.15, 0.2) is 0 Å². The van der Waals surface area contributed by atoms with Crippen LogP contribution in [0.4, 0.5) is 4.39 Å². The molecule has 0 aliphatic carbocycles. The van der Waals surface area contributed by atoms with Gasteiger partial charge in [-0.3, -0.25) is 4.90 Å². The molecule has 2 rings (SSSR count). The second-order valence-corrected chi connectivity index (χ2v) is 7.36. The molecule has 1 atom stereocenters. The molecule has 1 heterocycles. The number of halogens is 2. The van der Waals surface area contributed by atoms with Gasteiger partial charge in [0.25, 0.3) is 0 Å². The first-order valence-corrected chi connectivity index (χ1v) is 8.63. The van der Waals surface area contributed by atoms with Gasteiger partial charge in [0.2, 0.25) is 0 Å². The van der Waals surface area contributed by atoms with Gasteiger partial charge in [-0.15, -0.1) is 0 Å². The van der Waals surface area contributed by atoms with Crippen LogP contribution in [-0.4, -0.2) is 30.6 Å². The number of rotatable bonds is 4. The Balaban J connectivity index is 2.31. The van der Waals surface area contributed by atoms with Gasteiger partial charge in [-0.1, -0.05) is 28.8 Å². The van der Waals surface area contributed by atoms with Gasteiger partial charge in [0, 0.05) is 15.6 Å². The highest BCUT2D eigenvalue weighted by molar-refractivity contribution is 9.10. The lowest BCUT2D eigenvalue weighted by atomic mass is 9.86. The largest absolute Gasteiger partial charge is 0.311 e. The maximum Gasteiger partial charge on any atom is 0.128 e. The highest BCUT2D eigenvalue weighted by atomic mass is 79.9. The summed E-state index contributed by atoms with van der Waals surface area (Å²) in [6.07, 6.45) is 5.09. The molecule has 0 radical (unpaired) electrons. The van der Waals surface area contributed by atoms with Crippen LogP contribution < -0.4 is 5.32 Å². The molecule has 0 bridgehead atoms. The smallest absolute Gasteiger partial charge is 0.128 e. The Bertz CT molecular complexity index is 468. The van der Waals surface area contributed by atoms with Gasteiger partial charge < -0.3 is 5.32 Å². The van der Waals surface area contributed by atoms with Crippen LogP contribution in [0, 0.1) is 5.82 Å². The standard InChI is InChI=1S/C17H26BrFN2/c1-17(2,21-10-6-4-5-7-11-21)16(20-3)14-12-13(18)8-9-15(14)19/h8-9,12,16,20H,4-7,10-11H2,1-3H3. The van der Waals surface area contributed by atoms with Gasteiger partial charge in [-0.25, -0.2) is 4.39 Å². The predicted octanol–water partition coefficient (Wildman–Crippen LogP) is 4.50. The molecule has 4 heteroatoms. The van der Waals surface area contributed by atoms with Crippen LogP contribution in [0.2, 0.25) is 0 Å². The van der Waals surface area contributed by atoms with E-state index in [4.69, 9.17) is 0 Å². The average molecular weight is 357 g/mol. The number of hydrogen-bond donors (Lipinski definition) is 1. The molecule has 1 saturated heterocycles. The summed E-state index contributed by atoms with van der Waals surface area (Å²) in [6.45, 7) is 6.64. The fraction of sp³-hybridized carbons (Fsp3) is 0.647. The molecule has 1 aliphatic rings. The number of hydrogen-bond acceptors (Lipinski definition) is 2. The molecule has 0 amide bonds. The number of nitrogens with zero attached hydrogens (tertiary/aromatic N) is 1. The molecule has 0 saturated carbocycles. The summed E-state index contributed by atoms with van der Waals surface area (Å²) in [7, 11) is 1.92. The average Bonchev–Trinajstić information content (AvgIpc) is 2.72.